The van der Waals surface area contributed by atoms with Crippen molar-refractivity contribution in [3.05, 3.63) is 22.7 Å². The number of carbonyl (C=O) groups excluding carboxylic acids is 1. The maximum atomic E-state index is 11.9. The van der Waals surface area contributed by atoms with Crippen LogP contribution in [-0.2, 0) is 4.79 Å². The quantitative estimate of drug-likeness (QED) is 0.898. The molecule has 18 heavy (non-hydrogen) atoms. The Morgan fingerprint density at radius 3 is 2.56 bits per heavy atom. The van der Waals surface area contributed by atoms with E-state index in [0.717, 1.165) is 15.8 Å². The van der Waals surface area contributed by atoms with Crippen molar-refractivity contribution in [1.82, 2.24) is 0 Å². The highest BCUT2D eigenvalue weighted by atomic mass is 79.9. The Morgan fingerprint density at radius 2 is 2.06 bits per heavy atom. The molecule has 0 aliphatic rings. The number of hydrogen-bond acceptors (Lipinski definition) is 3. The summed E-state index contributed by atoms with van der Waals surface area (Å²) in [5, 5.41) is 2.90. The first-order chi connectivity index (χ1) is 8.19. The lowest BCUT2D eigenvalue weighted by Gasteiger charge is -2.21. The fourth-order valence-electron chi connectivity index (χ4n) is 1.61. The Labute approximate surface area is 117 Å². The average molecular weight is 314 g/mol. The average Bonchev–Trinajstić information content (AvgIpc) is 2.13. The molecular weight excluding hydrogens is 294 g/mol. The first kappa shape index (κ1) is 15.0. The Hall–Kier alpha value is -1.07. The summed E-state index contributed by atoms with van der Waals surface area (Å²) in [6.45, 7) is 3.67. The van der Waals surface area contributed by atoms with Gasteiger partial charge in [-0.25, -0.2) is 0 Å². The van der Waals surface area contributed by atoms with Gasteiger partial charge in [-0.15, -0.1) is 0 Å². The van der Waals surface area contributed by atoms with Crippen LogP contribution in [0.3, 0.4) is 0 Å². The predicted octanol–water partition coefficient (Wildman–Crippen LogP) is 2.58. The molecule has 1 amide bonds. The summed E-state index contributed by atoms with van der Waals surface area (Å²) in [5.74, 6) is -0.0799. The van der Waals surface area contributed by atoms with Crippen LogP contribution in [0.1, 0.15) is 20.3 Å². The zero-order valence-corrected chi connectivity index (χ0v) is 12.8. The van der Waals surface area contributed by atoms with E-state index in [4.69, 9.17) is 5.73 Å². The lowest BCUT2D eigenvalue weighted by Crippen LogP contribution is -2.36. The van der Waals surface area contributed by atoms with Crippen molar-refractivity contribution in [1.29, 1.82) is 0 Å². The molecule has 0 aromatic heterocycles. The summed E-state index contributed by atoms with van der Waals surface area (Å²) in [5.41, 5.74) is 7.07. The molecule has 0 bridgehead atoms. The van der Waals surface area contributed by atoms with Gasteiger partial charge in [-0.2, -0.15) is 0 Å². The number of amides is 1. The minimum Gasteiger partial charge on any atom is -0.376 e. The van der Waals surface area contributed by atoms with Crippen LogP contribution in [0.15, 0.2) is 22.7 Å². The Bertz CT molecular complexity index is 438. The Balaban J connectivity index is 2.89. The molecule has 0 aliphatic heterocycles. The molecule has 100 valence electrons. The zero-order chi connectivity index (χ0) is 13.9. The van der Waals surface area contributed by atoms with Crippen molar-refractivity contribution in [2.45, 2.75) is 25.8 Å². The topological polar surface area (TPSA) is 58.4 Å². The molecule has 0 radical (unpaired) electrons. The van der Waals surface area contributed by atoms with Gasteiger partial charge in [0.1, 0.15) is 0 Å². The number of nitrogens with two attached hydrogens (primary N) is 1. The standard InChI is InChI=1S/C13H20BrN3O/c1-13(2,15)8-12(18)16-10-7-9(14)5-6-11(10)17(3)4/h5-7H,8,15H2,1-4H3,(H,16,18). The molecule has 0 unspecified atom stereocenters. The molecule has 1 rings (SSSR count). The van der Waals surface area contributed by atoms with Crippen molar-refractivity contribution in [3.63, 3.8) is 0 Å². The van der Waals surface area contributed by atoms with Gasteiger partial charge in [0.2, 0.25) is 5.91 Å². The third kappa shape index (κ3) is 4.66. The van der Waals surface area contributed by atoms with Crippen molar-refractivity contribution >= 4 is 33.2 Å². The summed E-state index contributed by atoms with van der Waals surface area (Å²) >= 11 is 3.40. The summed E-state index contributed by atoms with van der Waals surface area (Å²) < 4.78 is 0.926. The van der Waals surface area contributed by atoms with Gasteiger partial charge in [0.15, 0.2) is 0 Å². The summed E-state index contributed by atoms with van der Waals surface area (Å²) in [7, 11) is 3.87. The van der Waals surface area contributed by atoms with Gasteiger partial charge < -0.3 is 16.0 Å². The van der Waals surface area contributed by atoms with Gasteiger partial charge in [-0.1, -0.05) is 15.9 Å². The lowest BCUT2D eigenvalue weighted by molar-refractivity contribution is -0.117. The largest absolute Gasteiger partial charge is 0.376 e. The van der Waals surface area contributed by atoms with E-state index in [9.17, 15) is 4.79 Å². The van der Waals surface area contributed by atoms with Crippen molar-refractivity contribution < 1.29 is 4.79 Å². The second-order valence-electron chi connectivity index (χ2n) is 5.27. The van der Waals surface area contributed by atoms with Gasteiger partial charge in [-0.3, -0.25) is 4.79 Å². The molecule has 0 aliphatic carbocycles. The zero-order valence-electron chi connectivity index (χ0n) is 11.2. The first-order valence-electron chi connectivity index (χ1n) is 5.74. The molecule has 0 saturated carbocycles. The molecule has 0 heterocycles. The van der Waals surface area contributed by atoms with Gasteiger partial charge in [0, 0.05) is 30.5 Å². The molecule has 1 aromatic rings. The van der Waals surface area contributed by atoms with Crippen LogP contribution in [0.2, 0.25) is 0 Å². The number of benzene rings is 1. The minimum absolute atomic E-state index is 0.0799. The molecule has 0 saturated heterocycles. The summed E-state index contributed by atoms with van der Waals surface area (Å²) in [6.07, 6.45) is 0.284. The molecule has 3 N–H and O–H groups in total. The maximum absolute atomic E-state index is 11.9. The third-order valence-electron chi connectivity index (χ3n) is 2.33. The van der Waals surface area contributed by atoms with Crippen LogP contribution < -0.4 is 16.0 Å². The van der Waals surface area contributed by atoms with E-state index in [0.29, 0.717) is 0 Å². The van der Waals surface area contributed by atoms with Crippen LogP contribution in [0.25, 0.3) is 0 Å². The number of hydrogen-bond donors (Lipinski definition) is 2. The molecule has 1 aromatic carbocycles. The SMILES string of the molecule is CN(C)c1ccc(Br)cc1NC(=O)CC(C)(C)N. The Kier molecular flexibility index (Phi) is 4.76. The van der Waals surface area contributed by atoms with Crippen LogP contribution in [0, 0.1) is 0 Å². The van der Waals surface area contributed by atoms with E-state index in [1.54, 1.807) is 0 Å². The van der Waals surface area contributed by atoms with Gasteiger partial charge >= 0.3 is 0 Å². The molecule has 0 atom stereocenters. The van der Waals surface area contributed by atoms with E-state index < -0.39 is 5.54 Å². The smallest absolute Gasteiger partial charge is 0.226 e. The van der Waals surface area contributed by atoms with E-state index in [2.05, 4.69) is 21.2 Å². The number of anilines is 2. The van der Waals surface area contributed by atoms with Crippen LogP contribution in [0.5, 0.6) is 0 Å². The highest BCUT2D eigenvalue weighted by Gasteiger charge is 2.17. The van der Waals surface area contributed by atoms with Crippen LogP contribution in [-0.4, -0.2) is 25.5 Å². The van der Waals surface area contributed by atoms with E-state index in [1.165, 1.54) is 0 Å². The minimum atomic E-state index is -0.506. The molecule has 5 heteroatoms. The van der Waals surface area contributed by atoms with Crippen molar-refractivity contribution in [2.75, 3.05) is 24.3 Å². The van der Waals surface area contributed by atoms with Crippen molar-refractivity contribution in [3.8, 4) is 0 Å². The number of carbonyl (C=O) groups is 1. The van der Waals surface area contributed by atoms with Crippen LogP contribution in [0.4, 0.5) is 11.4 Å². The maximum Gasteiger partial charge on any atom is 0.226 e. The number of rotatable bonds is 4. The Morgan fingerprint density at radius 1 is 1.44 bits per heavy atom. The fraction of sp³-hybridized carbons (Fsp3) is 0.462. The molecular formula is C13H20BrN3O. The highest BCUT2D eigenvalue weighted by Crippen LogP contribution is 2.28. The summed E-state index contributed by atoms with van der Waals surface area (Å²) in [4.78, 5) is 13.8. The van der Waals surface area contributed by atoms with Crippen molar-refractivity contribution in [2.24, 2.45) is 5.73 Å². The van der Waals surface area contributed by atoms with E-state index in [-0.39, 0.29) is 12.3 Å². The van der Waals surface area contributed by atoms with Crippen LogP contribution >= 0.6 is 15.9 Å². The molecule has 4 nitrogen and oxygen atoms in total. The molecule has 0 spiro atoms. The first-order valence-corrected chi connectivity index (χ1v) is 6.54. The lowest BCUT2D eigenvalue weighted by atomic mass is 10.0. The van der Waals surface area contributed by atoms with Gasteiger partial charge in [0.05, 0.1) is 11.4 Å². The number of nitrogens with one attached hydrogen (secondary N) is 1. The third-order valence-corrected chi connectivity index (χ3v) is 2.82. The highest BCUT2D eigenvalue weighted by molar-refractivity contribution is 9.10. The van der Waals surface area contributed by atoms with Gasteiger partial charge in [-0.05, 0) is 32.0 Å². The summed E-state index contributed by atoms with van der Waals surface area (Å²) in [6, 6.07) is 5.78. The number of nitrogens with zero attached hydrogens (tertiary/aromatic N) is 1. The van der Waals surface area contributed by atoms with E-state index >= 15 is 0 Å². The number of halogens is 1. The van der Waals surface area contributed by atoms with Gasteiger partial charge in [0.25, 0.3) is 0 Å². The van der Waals surface area contributed by atoms with E-state index in [1.807, 2.05) is 51.0 Å². The second-order valence-corrected chi connectivity index (χ2v) is 6.19. The fourth-order valence-corrected chi connectivity index (χ4v) is 1.97. The normalized spacial score (nSPS) is 11.2. The predicted molar refractivity (Wildman–Crippen MR) is 80.0 cm³/mol. The second kappa shape index (κ2) is 5.71. The monoisotopic (exact) mass is 313 g/mol. The molecule has 0 fully saturated rings.